The van der Waals surface area contributed by atoms with Gasteiger partial charge in [0.25, 0.3) is 0 Å². The summed E-state index contributed by atoms with van der Waals surface area (Å²) in [6, 6.07) is 3.25. The Kier molecular flexibility index (Phi) is 3.29. The largest absolute Gasteiger partial charge is 0.334 e. The van der Waals surface area contributed by atoms with Gasteiger partial charge in [-0.2, -0.15) is 5.10 Å². The van der Waals surface area contributed by atoms with Gasteiger partial charge in [0.15, 0.2) is 5.82 Å². The highest BCUT2D eigenvalue weighted by Crippen LogP contribution is 2.33. The predicted octanol–water partition coefficient (Wildman–Crippen LogP) is 4.37. The highest BCUT2D eigenvalue weighted by atomic mass is 79.9. The second-order valence-corrected chi connectivity index (χ2v) is 6.83. The van der Waals surface area contributed by atoms with E-state index in [-0.39, 0.29) is 5.82 Å². The minimum atomic E-state index is -0.307. The molecule has 0 saturated heterocycles. The fraction of sp³-hybridized carbons (Fsp3) is 0.375. The monoisotopic (exact) mass is 362 g/mol. The molecule has 1 aliphatic rings. The zero-order valence-corrected chi connectivity index (χ0v) is 13.8. The Morgan fingerprint density at radius 3 is 3.09 bits per heavy atom. The van der Waals surface area contributed by atoms with Gasteiger partial charge in [0, 0.05) is 15.7 Å². The lowest BCUT2D eigenvalue weighted by molar-refractivity contribution is 0.443. The molecule has 6 heteroatoms. The molecule has 4 nitrogen and oxygen atoms in total. The second kappa shape index (κ2) is 5.19. The minimum Gasteiger partial charge on any atom is -0.334 e. The lowest BCUT2D eigenvalue weighted by Crippen LogP contribution is -2.13. The summed E-state index contributed by atoms with van der Waals surface area (Å²) in [7, 11) is 0. The molecule has 2 aromatic heterocycles. The van der Waals surface area contributed by atoms with Crippen LogP contribution in [0.1, 0.15) is 31.0 Å². The van der Waals surface area contributed by atoms with Gasteiger partial charge < -0.3 is 4.98 Å². The number of hydrogen-bond donors (Lipinski definition) is 2. The van der Waals surface area contributed by atoms with Gasteiger partial charge in [0.2, 0.25) is 0 Å². The van der Waals surface area contributed by atoms with Crippen LogP contribution in [0.25, 0.3) is 22.6 Å². The number of benzene rings is 1. The van der Waals surface area contributed by atoms with Crippen LogP contribution >= 0.6 is 15.9 Å². The first kappa shape index (κ1) is 13.9. The molecule has 0 amide bonds. The van der Waals surface area contributed by atoms with Gasteiger partial charge in [-0.3, -0.25) is 5.10 Å². The molecular formula is C16H16BrFN4. The molecule has 114 valence electrons. The number of aryl methyl sites for hydroxylation is 1. The lowest BCUT2D eigenvalue weighted by atomic mass is 9.85. The molecule has 2 N–H and O–H groups in total. The number of hydrogen-bond acceptors (Lipinski definition) is 2. The average molecular weight is 363 g/mol. The molecule has 4 rings (SSSR count). The number of rotatable bonds is 2. The minimum absolute atomic E-state index is 0.307. The maximum Gasteiger partial charge on any atom is 0.159 e. The van der Waals surface area contributed by atoms with Crippen molar-refractivity contribution in [1.82, 2.24) is 20.2 Å². The van der Waals surface area contributed by atoms with Crippen molar-refractivity contribution in [3.05, 3.63) is 33.7 Å². The van der Waals surface area contributed by atoms with Crippen LogP contribution < -0.4 is 0 Å². The molecule has 3 aromatic rings. The molecule has 0 aliphatic heterocycles. The van der Waals surface area contributed by atoms with E-state index in [1.807, 2.05) is 6.07 Å². The van der Waals surface area contributed by atoms with Gasteiger partial charge in [-0.25, -0.2) is 9.37 Å². The normalized spacial score (nSPS) is 17.9. The van der Waals surface area contributed by atoms with Crippen molar-refractivity contribution in [2.24, 2.45) is 5.92 Å². The molecule has 0 radical (unpaired) electrons. The molecule has 1 aromatic carbocycles. The fourth-order valence-corrected chi connectivity index (χ4v) is 3.68. The Hall–Kier alpha value is -1.69. The number of fused-ring (bicyclic) bond motifs is 2. The van der Waals surface area contributed by atoms with Crippen LogP contribution in [0.4, 0.5) is 4.39 Å². The van der Waals surface area contributed by atoms with E-state index in [1.165, 1.54) is 30.2 Å². The molecule has 1 atom stereocenters. The molecule has 22 heavy (non-hydrogen) atoms. The Labute approximate surface area is 135 Å². The Bertz CT molecular complexity index is 851. The van der Waals surface area contributed by atoms with Crippen molar-refractivity contribution < 1.29 is 4.39 Å². The van der Waals surface area contributed by atoms with Crippen LogP contribution in [0.2, 0.25) is 0 Å². The molecule has 0 spiro atoms. The van der Waals surface area contributed by atoms with E-state index in [0.29, 0.717) is 27.2 Å². The van der Waals surface area contributed by atoms with Crippen molar-refractivity contribution in [1.29, 1.82) is 0 Å². The van der Waals surface area contributed by atoms with E-state index in [2.05, 4.69) is 43.0 Å². The number of aromatic amines is 2. The van der Waals surface area contributed by atoms with Crippen molar-refractivity contribution in [3.8, 4) is 11.5 Å². The standard InChI is InChI=1S/C16H16BrFN4/c1-2-8-3-4-12-10(5-8)14(22-21-12)16-19-13-7-9(17)6-11(18)15(13)20-16/h6-8H,2-5H2,1H3,(H,19,20)(H,21,22)/t8-/m0/s1. The molecule has 0 unspecified atom stereocenters. The third-order valence-electron chi connectivity index (χ3n) is 4.56. The van der Waals surface area contributed by atoms with E-state index in [4.69, 9.17) is 0 Å². The highest BCUT2D eigenvalue weighted by molar-refractivity contribution is 9.10. The van der Waals surface area contributed by atoms with Gasteiger partial charge >= 0.3 is 0 Å². The summed E-state index contributed by atoms with van der Waals surface area (Å²) in [6.45, 7) is 2.23. The first-order valence-corrected chi connectivity index (χ1v) is 8.36. The maximum atomic E-state index is 14.0. The molecule has 0 bridgehead atoms. The Morgan fingerprint density at radius 2 is 2.27 bits per heavy atom. The highest BCUT2D eigenvalue weighted by Gasteiger charge is 2.25. The summed E-state index contributed by atoms with van der Waals surface area (Å²) in [6.07, 6.45) is 4.42. The summed E-state index contributed by atoms with van der Waals surface area (Å²) in [4.78, 5) is 7.61. The van der Waals surface area contributed by atoms with Gasteiger partial charge in [-0.05, 0) is 37.3 Å². The van der Waals surface area contributed by atoms with Gasteiger partial charge in [-0.1, -0.05) is 29.3 Å². The maximum absolute atomic E-state index is 14.0. The third kappa shape index (κ3) is 2.17. The number of nitrogens with zero attached hydrogens (tertiary/aromatic N) is 2. The van der Waals surface area contributed by atoms with E-state index in [9.17, 15) is 4.39 Å². The average Bonchev–Trinajstić information content (AvgIpc) is 3.09. The Balaban J connectivity index is 1.83. The predicted molar refractivity (Wildman–Crippen MR) is 87.1 cm³/mol. The zero-order chi connectivity index (χ0) is 15.3. The van der Waals surface area contributed by atoms with Crippen LogP contribution in [-0.2, 0) is 12.8 Å². The Morgan fingerprint density at radius 1 is 1.41 bits per heavy atom. The zero-order valence-electron chi connectivity index (χ0n) is 12.2. The third-order valence-corrected chi connectivity index (χ3v) is 5.02. The number of aromatic nitrogens is 4. The van der Waals surface area contributed by atoms with E-state index >= 15 is 0 Å². The van der Waals surface area contributed by atoms with E-state index in [0.717, 1.165) is 18.5 Å². The van der Waals surface area contributed by atoms with Crippen molar-refractivity contribution >= 4 is 27.0 Å². The van der Waals surface area contributed by atoms with Gasteiger partial charge in [0.05, 0.1) is 5.52 Å². The SMILES string of the molecule is CC[C@H]1CCc2[nH]nc(-c3nc4cc(Br)cc(F)c4[nH]3)c2C1. The van der Waals surface area contributed by atoms with Crippen molar-refractivity contribution in [2.45, 2.75) is 32.6 Å². The summed E-state index contributed by atoms with van der Waals surface area (Å²) >= 11 is 3.30. The molecule has 0 saturated carbocycles. The first-order valence-electron chi connectivity index (χ1n) is 7.57. The van der Waals surface area contributed by atoms with Crippen LogP contribution in [0.3, 0.4) is 0 Å². The lowest BCUT2D eigenvalue weighted by Gasteiger charge is -2.20. The van der Waals surface area contributed by atoms with Gasteiger partial charge in [0.1, 0.15) is 17.0 Å². The summed E-state index contributed by atoms with van der Waals surface area (Å²) in [5.41, 5.74) is 4.30. The fourth-order valence-electron chi connectivity index (χ4n) is 3.26. The van der Waals surface area contributed by atoms with Crippen molar-refractivity contribution in [2.75, 3.05) is 0 Å². The molecule has 1 aliphatic carbocycles. The topological polar surface area (TPSA) is 57.4 Å². The number of halogens is 2. The smallest absolute Gasteiger partial charge is 0.159 e. The quantitative estimate of drug-likeness (QED) is 0.710. The van der Waals surface area contributed by atoms with E-state index in [1.54, 1.807) is 0 Å². The molecular weight excluding hydrogens is 347 g/mol. The number of nitrogens with one attached hydrogen (secondary N) is 2. The van der Waals surface area contributed by atoms with Crippen LogP contribution in [0, 0.1) is 11.7 Å². The van der Waals surface area contributed by atoms with Crippen LogP contribution in [-0.4, -0.2) is 20.2 Å². The summed E-state index contributed by atoms with van der Waals surface area (Å²) < 4.78 is 14.7. The summed E-state index contributed by atoms with van der Waals surface area (Å²) in [5, 5.41) is 7.56. The molecule has 2 heterocycles. The number of imidazole rings is 1. The van der Waals surface area contributed by atoms with Crippen LogP contribution in [0.5, 0.6) is 0 Å². The van der Waals surface area contributed by atoms with Gasteiger partial charge in [-0.15, -0.1) is 0 Å². The van der Waals surface area contributed by atoms with Crippen LogP contribution in [0.15, 0.2) is 16.6 Å². The second-order valence-electron chi connectivity index (χ2n) is 5.91. The first-order chi connectivity index (χ1) is 10.7. The van der Waals surface area contributed by atoms with Crippen molar-refractivity contribution in [3.63, 3.8) is 0 Å². The summed E-state index contributed by atoms with van der Waals surface area (Å²) in [5.74, 6) is 1.03. The molecule has 0 fully saturated rings. The number of H-pyrrole nitrogens is 2. The van der Waals surface area contributed by atoms with E-state index < -0.39 is 0 Å².